The molecule has 0 spiro atoms. The maximum absolute atomic E-state index is 12.1. The van der Waals surface area contributed by atoms with Crippen LogP contribution in [0.2, 0.25) is 0 Å². The number of hydrogen-bond acceptors (Lipinski definition) is 0. The minimum atomic E-state index is -4.76. The minimum absolute atomic E-state index is 0. The van der Waals surface area contributed by atoms with Crippen molar-refractivity contribution in [2.24, 2.45) is 0 Å². The maximum Gasteiger partial charge on any atom is 0.373 e. The van der Waals surface area contributed by atoms with Gasteiger partial charge < -0.3 is 21.3 Å². The predicted molar refractivity (Wildman–Crippen MR) is 85.7 cm³/mol. The van der Waals surface area contributed by atoms with E-state index in [-0.39, 0.29) is 19.5 Å². The fraction of sp³-hybridized carbons (Fsp3) is 1.00. The molecule has 0 saturated heterocycles. The van der Waals surface area contributed by atoms with Gasteiger partial charge in [0.05, 0.1) is 0 Å². The Bertz CT molecular complexity index is 382. The first kappa shape index (κ1) is 35.2. The van der Waals surface area contributed by atoms with Crippen LogP contribution in [0.25, 0.3) is 21.3 Å². The summed E-state index contributed by atoms with van der Waals surface area (Å²) in [5, 5.41) is 11.5. The second kappa shape index (κ2) is 14.0. The Morgan fingerprint density at radius 2 is 0.548 bits per heavy atom. The van der Waals surface area contributed by atoms with Crippen molar-refractivity contribution in [3.63, 3.8) is 0 Å². The quantitative estimate of drug-likeness (QED) is 0.251. The van der Waals surface area contributed by atoms with E-state index < -0.39 is 61.7 Å². The van der Waals surface area contributed by atoms with Crippen molar-refractivity contribution in [1.82, 2.24) is 0 Å². The molecule has 0 aromatic rings. The molecule has 0 heterocycles. The van der Waals surface area contributed by atoms with Crippen molar-refractivity contribution in [2.45, 2.75) is 61.7 Å². The van der Waals surface area contributed by atoms with Gasteiger partial charge in [0.2, 0.25) is 0 Å². The first-order valence-corrected chi connectivity index (χ1v) is 7.88. The Balaban J connectivity index is -0.000000490. The van der Waals surface area contributed by atoms with E-state index in [0.29, 0.717) is 0 Å². The number of nitrogens with zero attached hydrogens (tertiary/aromatic N) is 4. The molecule has 0 aromatic carbocycles. The molecule has 4 unspecified atom stereocenters. The van der Waals surface area contributed by atoms with Gasteiger partial charge >= 0.3 is 24.7 Å². The van der Waals surface area contributed by atoms with Crippen LogP contribution in [0.4, 0.5) is 52.7 Å². The normalized spacial score (nSPS) is 17.0. The molecule has 0 aliphatic heterocycles. The Morgan fingerprint density at radius 3 is 0.613 bits per heavy atom. The number of rotatable bonds is 8. The molecule has 4 atom stereocenters. The molecule has 0 bridgehead atoms. The van der Waals surface area contributed by atoms with E-state index >= 15 is 0 Å². The summed E-state index contributed by atoms with van der Waals surface area (Å²) < 4.78 is 145. The van der Waals surface area contributed by atoms with Crippen molar-refractivity contribution >= 4 is 0 Å². The Hall–Kier alpha value is -0.377. The summed E-state index contributed by atoms with van der Waals surface area (Å²) in [6.45, 7) is 0. The van der Waals surface area contributed by atoms with E-state index in [4.69, 9.17) is 0 Å². The molecule has 0 aliphatic rings. The second-order valence-corrected chi connectivity index (χ2v) is 5.73. The average Bonchev–Trinajstić information content (AvgIpc) is 2.52. The van der Waals surface area contributed by atoms with E-state index in [2.05, 4.69) is 21.3 Å². The molecular weight excluding hydrogens is 518 g/mol. The minimum Gasteiger partial charge on any atom is -0.655 e. The molecule has 0 N–H and O–H groups in total. The first-order valence-electron chi connectivity index (χ1n) is 7.88. The van der Waals surface area contributed by atoms with E-state index in [0.717, 1.165) is 28.2 Å². The zero-order valence-electron chi connectivity index (χ0n) is 16.8. The summed E-state index contributed by atoms with van der Waals surface area (Å²) in [7, 11) is 3.34. The number of hydrogen-bond donors (Lipinski definition) is 0. The van der Waals surface area contributed by atoms with Gasteiger partial charge in [-0.05, 0) is 24.2 Å². The summed E-state index contributed by atoms with van der Waals surface area (Å²) >= 11 is 0. The van der Waals surface area contributed by atoms with Crippen LogP contribution < -0.4 is 0 Å². The van der Waals surface area contributed by atoms with Crippen LogP contribution in [-0.2, 0) is 19.5 Å². The monoisotopic (exact) mass is 536 g/mol. The van der Waals surface area contributed by atoms with Crippen molar-refractivity contribution in [1.29, 1.82) is 0 Å². The first-order chi connectivity index (χ1) is 13.2. The molecule has 4 nitrogen and oxygen atoms in total. The molecule has 0 rings (SSSR count). The van der Waals surface area contributed by atoms with Crippen molar-refractivity contribution in [3.8, 4) is 0 Å². The summed E-state index contributed by atoms with van der Waals surface area (Å²) in [6, 6.07) is -9.30. The summed E-state index contributed by atoms with van der Waals surface area (Å²) in [6.07, 6.45) is -21.4. The van der Waals surface area contributed by atoms with Gasteiger partial charge in [0.1, 0.15) is 0 Å². The molecule has 31 heavy (non-hydrogen) atoms. The molecule has 0 saturated carbocycles. The van der Waals surface area contributed by atoms with Crippen LogP contribution in [0.15, 0.2) is 0 Å². The largest absolute Gasteiger partial charge is 0.655 e. The van der Waals surface area contributed by atoms with Gasteiger partial charge in [0.15, 0.2) is 0 Å². The maximum atomic E-state index is 12.1. The predicted octanol–water partition coefficient (Wildman–Crippen LogP) is 6.49. The molecule has 0 aromatic heterocycles. The fourth-order valence-corrected chi connectivity index (χ4v) is 1.96. The van der Waals surface area contributed by atoms with Crippen LogP contribution in [0, 0.1) is 0 Å². The molecule has 17 heteroatoms. The Labute approximate surface area is 184 Å². The van der Waals surface area contributed by atoms with Crippen LogP contribution >= 0.6 is 0 Å². The van der Waals surface area contributed by atoms with Crippen LogP contribution in [0.3, 0.4) is 0 Å². The molecule has 0 fully saturated rings. The Kier molecular flexibility index (Phi) is 15.9. The molecule has 0 amide bonds. The van der Waals surface area contributed by atoms with Crippen molar-refractivity contribution in [3.05, 3.63) is 21.3 Å². The third-order valence-corrected chi connectivity index (χ3v) is 3.65. The van der Waals surface area contributed by atoms with Crippen LogP contribution in [-0.4, -0.2) is 77.1 Å². The topological polar surface area (TPSA) is 56.4 Å². The van der Waals surface area contributed by atoms with Crippen molar-refractivity contribution in [2.75, 3.05) is 28.2 Å². The van der Waals surface area contributed by atoms with Gasteiger partial charge in [-0.2, -0.15) is 80.9 Å². The van der Waals surface area contributed by atoms with E-state index in [9.17, 15) is 52.7 Å². The van der Waals surface area contributed by atoms with Gasteiger partial charge in [-0.25, -0.2) is 0 Å². The van der Waals surface area contributed by atoms with E-state index in [1.54, 1.807) is 0 Å². The summed E-state index contributed by atoms with van der Waals surface area (Å²) in [5.41, 5.74) is 0. The van der Waals surface area contributed by atoms with Gasteiger partial charge in [-0.3, -0.25) is 0 Å². The summed E-state index contributed by atoms with van der Waals surface area (Å²) in [5.74, 6) is 0. The van der Waals surface area contributed by atoms with Gasteiger partial charge in [-0.1, -0.05) is 12.8 Å². The van der Waals surface area contributed by atoms with Crippen molar-refractivity contribution < 1.29 is 72.2 Å². The second-order valence-electron chi connectivity index (χ2n) is 5.73. The molecular formula is C14H20F12N4Zn-4. The smallest absolute Gasteiger partial charge is 0.373 e. The van der Waals surface area contributed by atoms with Crippen LogP contribution in [0.1, 0.15) is 12.8 Å². The molecule has 186 valence electrons. The number of halogens is 12. The fourth-order valence-electron chi connectivity index (χ4n) is 1.96. The van der Waals surface area contributed by atoms with Crippen LogP contribution in [0.5, 0.6) is 0 Å². The average molecular weight is 538 g/mol. The van der Waals surface area contributed by atoms with Gasteiger partial charge in [-0.15, -0.1) is 0 Å². The van der Waals surface area contributed by atoms with Gasteiger partial charge in [0.25, 0.3) is 0 Å². The zero-order chi connectivity index (χ0) is 24.6. The van der Waals surface area contributed by atoms with E-state index in [1.165, 1.54) is 0 Å². The zero-order valence-corrected chi connectivity index (χ0v) is 19.7. The van der Waals surface area contributed by atoms with E-state index in [1.807, 2.05) is 0 Å². The third-order valence-electron chi connectivity index (χ3n) is 3.65. The summed E-state index contributed by atoms with van der Waals surface area (Å²) in [4.78, 5) is 0. The Morgan fingerprint density at radius 1 is 0.419 bits per heavy atom. The standard InChI is InChI=1S/2C7H10F6N2.Zn/c2*1-14-4(6(8,9)10)3-5(15-2)7(11,12)13;/h2*4-5H,3H2,1-2H3;/q2*-2;. The third kappa shape index (κ3) is 14.4. The SMILES string of the molecule is C[N-]C(CC([N-]C)C(F)(F)F)C(F)(F)F.C[N-]C(CC([N-]C)C(F)(F)F)C(F)(F)F.[Zn]. The number of alkyl halides is 12. The molecule has 0 radical (unpaired) electrons. The molecule has 0 aliphatic carbocycles. The van der Waals surface area contributed by atoms with Gasteiger partial charge in [0, 0.05) is 19.5 Å².